The standard InChI is InChI=1S/C21H16ClN3O3S2/c22-18-10-9-14(30(27,28)25-13-5-2-1-3-6-13)11-16(18)20(26)24-21-17(12-23)15-7-4-8-19(15)29-21/h1-3,5-6,9-11,25H,4,7-8H2,(H,24,26). The maximum Gasteiger partial charge on any atom is 0.261 e. The first kappa shape index (κ1) is 20.4. The number of nitriles is 1. The van der Waals surface area contributed by atoms with E-state index in [4.69, 9.17) is 11.6 Å². The van der Waals surface area contributed by atoms with Crippen molar-refractivity contribution in [3.05, 3.63) is 75.1 Å². The molecule has 0 bridgehead atoms. The van der Waals surface area contributed by atoms with E-state index in [0.717, 1.165) is 29.7 Å². The summed E-state index contributed by atoms with van der Waals surface area (Å²) < 4.78 is 27.9. The molecule has 0 radical (unpaired) electrons. The molecule has 1 aliphatic carbocycles. The average molecular weight is 458 g/mol. The number of hydrogen-bond acceptors (Lipinski definition) is 5. The summed E-state index contributed by atoms with van der Waals surface area (Å²) in [7, 11) is -3.91. The fraction of sp³-hybridized carbons (Fsp3) is 0.143. The highest BCUT2D eigenvalue weighted by molar-refractivity contribution is 7.92. The number of nitrogens with zero attached hydrogens (tertiary/aromatic N) is 1. The Morgan fingerprint density at radius 2 is 1.90 bits per heavy atom. The molecule has 0 saturated carbocycles. The van der Waals surface area contributed by atoms with Crippen molar-refractivity contribution in [3.8, 4) is 6.07 Å². The minimum Gasteiger partial charge on any atom is -0.312 e. The fourth-order valence-corrected chi connectivity index (χ4v) is 5.87. The van der Waals surface area contributed by atoms with Crippen LogP contribution >= 0.6 is 22.9 Å². The van der Waals surface area contributed by atoms with E-state index >= 15 is 0 Å². The monoisotopic (exact) mass is 457 g/mol. The van der Waals surface area contributed by atoms with Crippen molar-refractivity contribution in [1.29, 1.82) is 5.26 Å². The van der Waals surface area contributed by atoms with Crippen molar-refractivity contribution in [2.45, 2.75) is 24.2 Å². The summed E-state index contributed by atoms with van der Waals surface area (Å²) in [5.74, 6) is -0.562. The van der Waals surface area contributed by atoms with E-state index in [1.807, 2.05) is 0 Å². The molecule has 4 rings (SSSR count). The lowest BCUT2D eigenvalue weighted by molar-refractivity contribution is 0.102. The third-order valence-electron chi connectivity index (χ3n) is 4.78. The highest BCUT2D eigenvalue weighted by Gasteiger charge is 2.25. The smallest absolute Gasteiger partial charge is 0.261 e. The molecular weight excluding hydrogens is 442 g/mol. The minimum absolute atomic E-state index is 0.0186. The van der Waals surface area contributed by atoms with Gasteiger partial charge in [0.05, 0.1) is 21.0 Å². The van der Waals surface area contributed by atoms with E-state index in [0.29, 0.717) is 16.3 Å². The molecule has 6 nitrogen and oxygen atoms in total. The first-order chi connectivity index (χ1) is 14.4. The van der Waals surface area contributed by atoms with E-state index in [1.54, 1.807) is 30.3 Å². The van der Waals surface area contributed by atoms with Crippen LogP contribution in [0, 0.1) is 11.3 Å². The maximum absolute atomic E-state index is 12.9. The number of fused-ring (bicyclic) bond motifs is 1. The Bertz CT molecular complexity index is 1280. The fourth-order valence-electron chi connectivity index (χ4n) is 3.35. The summed E-state index contributed by atoms with van der Waals surface area (Å²) in [4.78, 5) is 13.9. The van der Waals surface area contributed by atoms with E-state index < -0.39 is 15.9 Å². The number of rotatable bonds is 5. The summed E-state index contributed by atoms with van der Waals surface area (Å²) in [5, 5.41) is 12.8. The number of halogens is 1. The van der Waals surface area contributed by atoms with E-state index in [9.17, 15) is 18.5 Å². The quantitative estimate of drug-likeness (QED) is 0.574. The van der Waals surface area contributed by atoms with Gasteiger partial charge in [-0.2, -0.15) is 5.26 Å². The Hall–Kier alpha value is -2.86. The van der Waals surface area contributed by atoms with Crippen LogP contribution in [0.4, 0.5) is 10.7 Å². The summed E-state index contributed by atoms with van der Waals surface area (Å²) in [6.07, 6.45) is 2.72. The maximum atomic E-state index is 12.9. The first-order valence-electron chi connectivity index (χ1n) is 9.12. The molecule has 0 fully saturated rings. The Morgan fingerprint density at radius 1 is 1.13 bits per heavy atom. The zero-order valence-electron chi connectivity index (χ0n) is 15.6. The Balaban J connectivity index is 1.62. The van der Waals surface area contributed by atoms with Gasteiger partial charge in [-0.1, -0.05) is 29.8 Å². The number of nitrogens with one attached hydrogen (secondary N) is 2. The number of amides is 1. The molecule has 2 N–H and O–H groups in total. The summed E-state index contributed by atoms with van der Waals surface area (Å²) in [6.45, 7) is 0. The van der Waals surface area contributed by atoms with Crippen molar-refractivity contribution < 1.29 is 13.2 Å². The lowest BCUT2D eigenvalue weighted by Crippen LogP contribution is -2.16. The number of carbonyl (C=O) groups excluding carboxylic acids is 1. The molecule has 0 unspecified atom stereocenters. The second-order valence-corrected chi connectivity index (χ2v) is 9.94. The first-order valence-corrected chi connectivity index (χ1v) is 11.8. The molecule has 3 aromatic rings. The third-order valence-corrected chi connectivity index (χ3v) is 7.69. The highest BCUT2D eigenvalue weighted by Crippen LogP contribution is 2.39. The normalized spacial score (nSPS) is 12.8. The van der Waals surface area contributed by atoms with Gasteiger partial charge in [-0.05, 0) is 55.2 Å². The number of sulfonamides is 1. The summed E-state index contributed by atoms with van der Waals surface area (Å²) >= 11 is 7.56. The average Bonchev–Trinajstić information content (AvgIpc) is 3.29. The van der Waals surface area contributed by atoms with Gasteiger partial charge in [0, 0.05) is 10.6 Å². The van der Waals surface area contributed by atoms with E-state index in [-0.39, 0.29) is 15.5 Å². The van der Waals surface area contributed by atoms with Gasteiger partial charge in [0.25, 0.3) is 15.9 Å². The van der Waals surface area contributed by atoms with Crippen molar-refractivity contribution in [3.63, 3.8) is 0 Å². The van der Waals surface area contributed by atoms with Crippen LogP contribution in [-0.4, -0.2) is 14.3 Å². The molecule has 1 amide bonds. The Morgan fingerprint density at radius 3 is 2.63 bits per heavy atom. The van der Waals surface area contributed by atoms with Crippen LogP contribution in [0.5, 0.6) is 0 Å². The van der Waals surface area contributed by atoms with Crippen molar-refractivity contribution in [2.75, 3.05) is 10.0 Å². The second kappa shape index (κ2) is 8.11. The van der Waals surface area contributed by atoms with Gasteiger partial charge in [0.2, 0.25) is 0 Å². The van der Waals surface area contributed by atoms with Crippen LogP contribution in [0.15, 0.2) is 53.4 Å². The molecule has 1 heterocycles. The number of aryl methyl sites for hydroxylation is 1. The number of para-hydroxylation sites is 1. The molecule has 1 aliphatic rings. The van der Waals surface area contributed by atoms with Crippen LogP contribution < -0.4 is 10.0 Å². The SMILES string of the molecule is N#Cc1c(NC(=O)c2cc(S(=O)(=O)Nc3ccccc3)ccc2Cl)sc2c1CCC2. The molecule has 1 aromatic heterocycles. The molecule has 152 valence electrons. The van der Waals surface area contributed by atoms with Gasteiger partial charge in [-0.15, -0.1) is 11.3 Å². The zero-order valence-corrected chi connectivity index (χ0v) is 18.0. The molecule has 0 saturated heterocycles. The van der Waals surface area contributed by atoms with Crippen LogP contribution in [0.2, 0.25) is 5.02 Å². The topological polar surface area (TPSA) is 99.1 Å². The van der Waals surface area contributed by atoms with Gasteiger partial charge in [0.15, 0.2) is 0 Å². The Labute approximate surface area is 183 Å². The predicted molar refractivity (Wildman–Crippen MR) is 118 cm³/mol. The molecule has 2 aromatic carbocycles. The third kappa shape index (κ3) is 3.92. The van der Waals surface area contributed by atoms with Gasteiger partial charge in [0.1, 0.15) is 11.1 Å². The summed E-state index contributed by atoms with van der Waals surface area (Å²) in [5.41, 5.74) is 1.90. The summed E-state index contributed by atoms with van der Waals surface area (Å²) in [6, 6.07) is 14.6. The molecular formula is C21H16ClN3O3S2. The molecule has 9 heteroatoms. The molecule has 30 heavy (non-hydrogen) atoms. The highest BCUT2D eigenvalue weighted by atomic mass is 35.5. The minimum atomic E-state index is -3.91. The second-order valence-electron chi connectivity index (χ2n) is 6.74. The van der Waals surface area contributed by atoms with E-state index in [1.165, 1.54) is 29.5 Å². The van der Waals surface area contributed by atoms with Gasteiger partial charge in [-0.25, -0.2) is 8.42 Å². The van der Waals surface area contributed by atoms with Crippen LogP contribution in [-0.2, 0) is 22.9 Å². The van der Waals surface area contributed by atoms with Crippen LogP contribution in [0.25, 0.3) is 0 Å². The Kier molecular flexibility index (Phi) is 5.52. The largest absolute Gasteiger partial charge is 0.312 e. The predicted octanol–water partition coefficient (Wildman–Crippen LogP) is 4.81. The molecule has 0 atom stereocenters. The number of benzene rings is 2. The van der Waals surface area contributed by atoms with Crippen molar-refractivity contribution in [2.24, 2.45) is 0 Å². The van der Waals surface area contributed by atoms with Gasteiger partial charge < -0.3 is 5.32 Å². The van der Waals surface area contributed by atoms with Crippen molar-refractivity contribution >= 4 is 49.6 Å². The molecule has 0 spiro atoms. The number of carbonyl (C=O) groups is 1. The lowest BCUT2D eigenvalue weighted by Gasteiger charge is -2.11. The van der Waals surface area contributed by atoms with Crippen molar-refractivity contribution in [1.82, 2.24) is 0 Å². The number of hydrogen-bond donors (Lipinski definition) is 2. The molecule has 0 aliphatic heterocycles. The number of thiophene rings is 1. The van der Waals surface area contributed by atoms with Gasteiger partial charge in [-0.3, -0.25) is 9.52 Å². The lowest BCUT2D eigenvalue weighted by atomic mass is 10.1. The van der Waals surface area contributed by atoms with E-state index in [2.05, 4.69) is 16.1 Å². The zero-order chi connectivity index (χ0) is 21.3. The van der Waals surface area contributed by atoms with Crippen LogP contribution in [0.1, 0.15) is 32.8 Å². The van der Waals surface area contributed by atoms with Gasteiger partial charge >= 0.3 is 0 Å². The number of anilines is 2. The van der Waals surface area contributed by atoms with Crippen LogP contribution in [0.3, 0.4) is 0 Å².